The molecule has 3 N–H and O–H groups in total. The number of halogens is 1. The molecule has 21 heavy (non-hydrogen) atoms. The first-order chi connectivity index (χ1) is 10.3. The Morgan fingerprint density at radius 2 is 1.90 bits per heavy atom. The van der Waals surface area contributed by atoms with Crippen molar-refractivity contribution in [2.45, 2.75) is 56.5 Å². The predicted octanol–water partition coefficient (Wildman–Crippen LogP) is 2.52. The van der Waals surface area contributed by atoms with Gasteiger partial charge in [0, 0.05) is 17.3 Å². The zero-order valence-electron chi connectivity index (χ0n) is 12.5. The highest BCUT2D eigenvalue weighted by Crippen LogP contribution is 2.45. The summed E-state index contributed by atoms with van der Waals surface area (Å²) in [6, 6.07) is 1.60. The molecule has 1 aliphatic carbocycles. The van der Waals surface area contributed by atoms with Crippen LogP contribution in [0.2, 0.25) is 0 Å². The minimum absolute atomic E-state index is 0.0443. The summed E-state index contributed by atoms with van der Waals surface area (Å²) < 4.78 is 14.2. The lowest BCUT2D eigenvalue weighted by molar-refractivity contribution is 0.0349. The second-order valence-electron chi connectivity index (χ2n) is 6.36. The standard InChI is InChI=1S/C16H25FN4/c17-14-12-19-9-6-13(14)15(20-18)16(7-2-3-8-16)21-10-4-1-5-11-21/h6,9,12,15,20H,1-5,7-8,10-11,18H2. The van der Waals surface area contributed by atoms with E-state index in [-0.39, 0.29) is 17.4 Å². The highest BCUT2D eigenvalue weighted by atomic mass is 19.1. The van der Waals surface area contributed by atoms with E-state index in [4.69, 9.17) is 5.84 Å². The van der Waals surface area contributed by atoms with Crippen LogP contribution in [0.1, 0.15) is 56.6 Å². The van der Waals surface area contributed by atoms with Gasteiger partial charge in [0.25, 0.3) is 0 Å². The van der Waals surface area contributed by atoms with E-state index in [0.29, 0.717) is 5.56 Å². The molecule has 116 valence electrons. The maximum Gasteiger partial charge on any atom is 0.146 e. The number of likely N-dealkylation sites (tertiary alicyclic amines) is 1. The van der Waals surface area contributed by atoms with Crippen molar-refractivity contribution in [2.75, 3.05) is 13.1 Å². The topological polar surface area (TPSA) is 54.2 Å². The summed E-state index contributed by atoms with van der Waals surface area (Å²) in [5.74, 6) is 5.62. The fourth-order valence-electron chi connectivity index (χ4n) is 4.27. The first kappa shape index (κ1) is 14.9. The number of nitrogens with one attached hydrogen (secondary N) is 1. The van der Waals surface area contributed by atoms with E-state index in [1.54, 1.807) is 12.3 Å². The summed E-state index contributed by atoms with van der Waals surface area (Å²) in [6.07, 6.45) is 11.3. The van der Waals surface area contributed by atoms with Gasteiger partial charge in [0.1, 0.15) is 5.82 Å². The summed E-state index contributed by atoms with van der Waals surface area (Å²) in [7, 11) is 0. The molecular formula is C16H25FN4. The lowest BCUT2D eigenvalue weighted by atomic mass is 9.81. The summed E-state index contributed by atoms with van der Waals surface area (Å²) in [5.41, 5.74) is 3.54. The second-order valence-corrected chi connectivity index (χ2v) is 6.36. The summed E-state index contributed by atoms with van der Waals surface area (Å²) in [6.45, 7) is 2.20. The van der Waals surface area contributed by atoms with Crippen LogP contribution in [-0.2, 0) is 0 Å². The largest absolute Gasteiger partial charge is 0.296 e. The van der Waals surface area contributed by atoms with E-state index in [0.717, 1.165) is 25.9 Å². The van der Waals surface area contributed by atoms with Crippen LogP contribution in [0, 0.1) is 5.82 Å². The molecule has 0 spiro atoms. The monoisotopic (exact) mass is 292 g/mol. The molecule has 1 aromatic rings. The Hall–Kier alpha value is -1.04. The van der Waals surface area contributed by atoms with E-state index < -0.39 is 0 Å². The van der Waals surface area contributed by atoms with Crippen molar-refractivity contribution in [3.8, 4) is 0 Å². The summed E-state index contributed by atoms with van der Waals surface area (Å²) in [4.78, 5) is 6.43. The SMILES string of the molecule is NNC(c1ccncc1F)C1(N2CCCCC2)CCCC1. The number of hydrogen-bond acceptors (Lipinski definition) is 4. The molecule has 1 aromatic heterocycles. The van der Waals surface area contributed by atoms with Crippen LogP contribution < -0.4 is 11.3 Å². The molecule has 2 heterocycles. The zero-order chi connectivity index (χ0) is 14.7. The van der Waals surface area contributed by atoms with Gasteiger partial charge < -0.3 is 0 Å². The maximum absolute atomic E-state index is 14.2. The summed E-state index contributed by atoms with van der Waals surface area (Å²) in [5, 5.41) is 0. The third-order valence-electron chi connectivity index (χ3n) is 5.27. The van der Waals surface area contributed by atoms with Gasteiger partial charge in [-0.3, -0.25) is 21.2 Å². The Morgan fingerprint density at radius 3 is 2.52 bits per heavy atom. The average Bonchev–Trinajstić information content (AvgIpc) is 3.01. The van der Waals surface area contributed by atoms with Gasteiger partial charge in [-0.15, -0.1) is 0 Å². The molecule has 0 radical (unpaired) electrons. The molecule has 0 aromatic carbocycles. The first-order valence-electron chi connectivity index (χ1n) is 8.08. The normalized spacial score (nSPS) is 24.1. The maximum atomic E-state index is 14.2. The van der Waals surface area contributed by atoms with Gasteiger partial charge in [0.05, 0.1) is 12.2 Å². The third-order valence-corrected chi connectivity index (χ3v) is 5.27. The Balaban J connectivity index is 1.96. The number of rotatable bonds is 4. The second kappa shape index (κ2) is 6.38. The van der Waals surface area contributed by atoms with Crippen LogP contribution in [0.4, 0.5) is 4.39 Å². The molecule has 0 amide bonds. The minimum Gasteiger partial charge on any atom is -0.296 e. The van der Waals surface area contributed by atoms with E-state index in [1.807, 2.05) is 0 Å². The number of nitrogens with two attached hydrogens (primary N) is 1. The van der Waals surface area contributed by atoms with Gasteiger partial charge in [-0.2, -0.15) is 0 Å². The molecule has 1 saturated heterocycles. The zero-order valence-corrected chi connectivity index (χ0v) is 12.5. The van der Waals surface area contributed by atoms with Crippen molar-refractivity contribution in [1.82, 2.24) is 15.3 Å². The van der Waals surface area contributed by atoms with E-state index in [9.17, 15) is 4.39 Å². The van der Waals surface area contributed by atoms with Crippen molar-refractivity contribution in [1.29, 1.82) is 0 Å². The number of nitrogens with zero attached hydrogens (tertiary/aromatic N) is 2. The first-order valence-corrected chi connectivity index (χ1v) is 8.08. The van der Waals surface area contributed by atoms with Crippen LogP contribution in [0.15, 0.2) is 18.5 Å². The van der Waals surface area contributed by atoms with Crippen LogP contribution in [0.25, 0.3) is 0 Å². The van der Waals surface area contributed by atoms with Crippen molar-refractivity contribution in [3.63, 3.8) is 0 Å². The van der Waals surface area contributed by atoms with Gasteiger partial charge >= 0.3 is 0 Å². The summed E-state index contributed by atoms with van der Waals surface area (Å²) >= 11 is 0. The van der Waals surface area contributed by atoms with Crippen molar-refractivity contribution >= 4 is 0 Å². The van der Waals surface area contributed by atoms with Crippen LogP contribution in [-0.4, -0.2) is 28.5 Å². The van der Waals surface area contributed by atoms with Gasteiger partial charge in [0.15, 0.2) is 0 Å². The highest BCUT2D eigenvalue weighted by molar-refractivity contribution is 5.24. The Bertz CT molecular complexity index is 467. The molecule has 3 rings (SSSR count). The molecule has 2 fully saturated rings. The molecule has 1 atom stereocenters. The lowest BCUT2D eigenvalue weighted by Crippen LogP contribution is -2.58. The number of hydrogen-bond donors (Lipinski definition) is 2. The van der Waals surface area contributed by atoms with E-state index in [1.165, 1.54) is 38.3 Å². The Kier molecular flexibility index (Phi) is 4.52. The van der Waals surface area contributed by atoms with Gasteiger partial charge in [-0.25, -0.2) is 4.39 Å². The van der Waals surface area contributed by atoms with Gasteiger partial charge in [-0.1, -0.05) is 19.3 Å². The van der Waals surface area contributed by atoms with Crippen LogP contribution in [0.5, 0.6) is 0 Å². The molecule has 1 aliphatic heterocycles. The molecule has 1 saturated carbocycles. The van der Waals surface area contributed by atoms with Crippen molar-refractivity contribution in [2.24, 2.45) is 5.84 Å². The smallest absolute Gasteiger partial charge is 0.146 e. The molecule has 1 unspecified atom stereocenters. The van der Waals surface area contributed by atoms with Crippen molar-refractivity contribution in [3.05, 3.63) is 29.8 Å². The molecule has 4 nitrogen and oxygen atoms in total. The molecule has 0 bridgehead atoms. The fourth-order valence-corrected chi connectivity index (χ4v) is 4.27. The van der Waals surface area contributed by atoms with E-state index in [2.05, 4.69) is 15.3 Å². The Labute approximate surface area is 125 Å². The predicted molar refractivity (Wildman–Crippen MR) is 80.9 cm³/mol. The van der Waals surface area contributed by atoms with Gasteiger partial charge in [0.2, 0.25) is 0 Å². The van der Waals surface area contributed by atoms with Crippen molar-refractivity contribution < 1.29 is 4.39 Å². The van der Waals surface area contributed by atoms with Crippen LogP contribution >= 0.6 is 0 Å². The average molecular weight is 292 g/mol. The minimum atomic E-state index is -0.260. The number of hydrazine groups is 1. The van der Waals surface area contributed by atoms with Gasteiger partial charge in [-0.05, 0) is 44.8 Å². The fraction of sp³-hybridized carbons (Fsp3) is 0.688. The number of pyridine rings is 1. The quantitative estimate of drug-likeness (QED) is 0.661. The van der Waals surface area contributed by atoms with Crippen LogP contribution in [0.3, 0.4) is 0 Å². The number of aromatic nitrogens is 1. The van der Waals surface area contributed by atoms with E-state index >= 15 is 0 Å². The lowest BCUT2D eigenvalue weighted by Gasteiger charge is -2.48. The highest BCUT2D eigenvalue weighted by Gasteiger charge is 2.47. The third kappa shape index (κ3) is 2.70. The Morgan fingerprint density at radius 1 is 1.19 bits per heavy atom. The molecule has 2 aliphatic rings. The molecule has 5 heteroatoms. The number of piperidine rings is 1. The molecular weight excluding hydrogens is 267 g/mol.